The van der Waals surface area contributed by atoms with Crippen LogP contribution in [0.4, 0.5) is 0 Å². The molecule has 116 valence electrons. The first kappa shape index (κ1) is 14.8. The van der Waals surface area contributed by atoms with Crippen molar-refractivity contribution < 1.29 is 0 Å². The van der Waals surface area contributed by atoms with Gasteiger partial charge in [0.1, 0.15) is 0 Å². The molecule has 2 nitrogen and oxygen atoms in total. The summed E-state index contributed by atoms with van der Waals surface area (Å²) in [6.45, 7) is 6.11. The Hall–Kier alpha value is -0.0800. The summed E-state index contributed by atoms with van der Waals surface area (Å²) >= 11 is 0. The summed E-state index contributed by atoms with van der Waals surface area (Å²) in [7, 11) is 0. The monoisotopic (exact) mass is 278 g/mol. The molecule has 3 fully saturated rings. The van der Waals surface area contributed by atoms with Gasteiger partial charge in [0.25, 0.3) is 0 Å². The van der Waals surface area contributed by atoms with Gasteiger partial charge in [-0.25, -0.2) is 0 Å². The van der Waals surface area contributed by atoms with Crippen LogP contribution in [-0.2, 0) is 0 Å². The molecule has 3 aliphatic rings. The van der Waals surface area contributed by atoms with E-state index in [1.807, 2.05) is 0 Å². The van der Waals surface area contributed by atoms with Crippen LogP contribution in [-0.4, -0.2) is 35.6 Å². The van der Waals surface area contributed by atoms with Gasteiger partial charge in [-0.15, -0.1) is 0 Å². The van der Waals surface area contributed by atoms with Crippen molar-refractivity contribution in [3.05, 3.63) is 0 Å². The number of hydrogen-bond acceptors (Lipinski definition) is 2. The fraction of sp³-hybridized carbons (Fsp3) is 1.00. The average molecular weight is 278 g/mol. The molecule has 0 aliphatic carbocycles. The van der Waals surface area contributed by atoms with Crippen LogP contribution in [0.25, 0.3) is 0 Å². The largest absolute Gasteiger partial charge is 0.308 e. The molecular formula is C18H34N2. The molecule has 0 radical (unpaired) electrons. The molecule has 20 heavy (non-hydrogen) atoms. The van der Waals surface area contributed by atoms with Gasteiger partial charge in [-0.05, 0) is 38.0 Å². The quantitative estimate of drug-likeness (QED) is 0.676. The molecule has 3 heterocycles. The van der Waals surface area contributed by atoms with Gasteiger partial charge >= 0.3 is 0 Å². The highest BCUT2D eigenvalue weighted by atomic mass is 15.3. The first-order valence-electron chi connectivity index (χ1n) is 9.35. The van der Waals surface area contributed by atoms with Crippen molar-refractivity contribution in [2.24, 2.45) is 5.92 Å². The summed E-state index contributed by atoms with van der Waals surface area (Å²) in [6, 6.07) is 3.42. The zero-order valence-electron chi connectivity index (χ0n) is 13.6. The molecule has 0 amide bonds. The molecule has 0 spiro atoms. The third-order valence-corrected chi connectivity index (χ3v) is 6.27. The number of hydrogen-bond donors (Lipinski definition) is 1. The third kappa shape index (κ3) is 2.92. The second-order valence-corrected chi connectivity index (χ2v) is 7.49. The SMILES string of the molecule is CCCCCCC(CC)CN1C2CCC1C1CCC2N1. The fourth-order valence-electron chi connectivity index (χ4n) is 5.04. The van der Waals surface area contributed by atoms with Gasteiger partial charge in [0.2, 0.25) is 0 Å². The van der Waals surface area contributed by atoms with Crippen LogP contribution in [0, 0.1) is 5.92 Å². The molecule has 1 N–H and O–H groups in total. The van der Waals surface area contributed by atoms with Gasteiger partial charge in [-0.3, -0.25) is 4.90 Å². The number of piperazine rings is 1. The maximum absolute atomic E-state index is 3.89. The van der Waals surface area contributed by atoms with E-state index in [0.717, 1.165) is 30.1 Å². The van der Waals surface area contributed by atoms with Crippen molar-refractivity contribution in [3.63, 3.8) is 0 Å². The molecule has 3 saturated heterocycles. The molecule has 0 aromatic rings. The normalized spacial score (nSPS) is 37.5. The Morgan fingerprint density at radius 3 is 2.25 bits per heavy atom. The van der Waals surface area contributed by atoms with Gasteiger partial charge in [-0.1, -0.05) is 46.0 Å². The summed E-state index contributed by atoms with van der Waals surface area (Å²) in [5.41, 5.74) is 0. The highest BCUT2D eigenvalue weighted by molar-refractivity contribution is 5.09. The molecule has 0 aromatic carbocycles. The van der Waals surface area contributed by atoms with E-state index in [1.165, 1.54) is 70.8 Å². The van der Waals surface area contributed by atoms with Crippen molar-refractivity contribution in [1.29, 1.82) is 0 Å². The van der Waals surface area contributed by atoms with Crippen LogP contribution in [0.2, 0.25) is 0 Å². The summed E-state index contributed by atoms with van der Waals surface area (Å²) in [5.74, 6) is 0.951. The third-order valence-electron chi connectivity index (χ3n) is 6.27. The Kier molecular flexibility index (Phi) is 5.04. The minimum atomic E-state index is 0.830. The average Bonchev–Trinajstić information content (AvgIpc) is 2.99. The maximum atomic E-state index is 3.89. The highest BCUT2D eigenvalue weighted by Crippen LogP contribution is 2.40. The molecular weight excluding hydrogens is 244 g/mol. The van der Waals surface area contributed by atoms with Crippen LogP contribution >= 0.6 is 0 Å². The van der Waals surface area contributed by atoms with Gasteiger partial charge in [-0.2, -0.15) is 0 Å². The lowest BCUT2D eigenvalue weighted by Gasteiger charge is -2.42. The van der Waals surface area contributed by atoms with E-state index < -0.39 is 0 Å². The van der Waals surface area contributed by atoms with Crippen LogP contribution in [0.3, 0.4) is 0 Å². The van der Waals surface area contributed by atoms with Crippen LogP contribution in [0.5, 0.6) is 0 Å². The Morgan fingerprint density at radius 2 is 1.65 bits per heavy atom. The molecule has 4 bridgehead atoms. The standard InChI is InChI=1S/C18H34N2/c1-3-5-6-7-8-14(4-2)13-20-17-11-12-18(20)16-10-9-15(17)19-16/h14-19H,3-13H2,1-2H3. The molecule has 3 rings (SSSR count). The summed E-state index contributed by atoms with van der Waals surface area (Å²) < 4.78 is 0. The lowest BCUT2D eigenvalue weighted by Crippen LogP contribution is -2.59. The highest BCUT2D eigenvalue weighted by Gasteiger charge is 2.50. The number of nitrogens with zero attached hydrogens (tertiary/aromatic N) is 1. The van der Waals surface area contributed by atoms with Gasteiger partial charge in [0.15, 0.2) is 0 Å². The van der Waals surface area contributed by atoms with Gasteiger partial charge in [0, 0.05) is 30.7 Å². The fourth-order valence-corrected chi connectivity index (χ4v) is 5.04. The van der Waals surface area contributed by atoms with Crippen molar-refractivity contribution >= 4 is 0 Å². The minimum Gasteiger partial charge on any atom is -0.308 e. The Labute approximate surface area is 125 Å². The predicted molar refractivity (Wildman–Crippen MR) is 86.0 cm³/mol. The van der Waals surface area contributed by atoms with E-state index in [9.17, 15) is 0 Å². The smallest absolute Gasteiger partial charge is 0.0253 e. The summed E-state index contributed by atoms with van der Waals surface area (Å²) in [4.78, 5) is 2.94. The van der Waals surface area contributed by atoms with E-state index in [-0.39, 0.29) is 0 Å². The van der Waals surface area contributed by atoms with Gasteiger partial charge in [0.05, 0.1) is 0 Å². The lowest BCUT2D eigenvalue weighted by molar-refractivity contribution is 0.0892. The second-order valence-electron chi connectivity index (χ2n) is 7.49. The van der Waals surface area contributed by atoms with E-state index in [1.54, 1.807) is 0 Å². The molecule has 3 aliphatic heterocycles. The molecule has 5 unspecified atom stereocenters. The molecule has 5 atom stereocenters. The second kappa shape index (κ2) is 6.79. The van der Waals surface area contributed by atoms with Crippen LogP contribution in [0.15, 0.2) is 0 Å². The molecule has 0 aromatic heterocycles. The minimum absolute atomic E-state index is 0.830. The first-order chi connectivity index (χ1) is 9.83. The Bertz CT molecular complexity index is 286. The topological polar surface area (TPSA) is 15.3 Å². The summed E-state index contributed by atoms with van der Waals surface area (Å²) in [5, 5.41) is 3.89. The lowest BCUT2D eigenvalue weighted by atomic mass is 9.95. The predicted octanol–water partition coefficient (Wildman–Crippen LogP) is 3.95. The maximum Gasteiger partial charge on any atom is 0.0253 e. The molecule has 2 heteroatoms. The van der Waals surface area contributed by atoms with Crippen LogP contribution in [0.1, 0.15) is 78.1 Å². The first-order valence-corrected chi connectivity index (χ1v) is 9.35. The van der Waals surface area contributed by atoms with E-state index >= 15 is 0 Å². The van der Waals surface area contributed by atoms with Crippen LogP contribution < -0.4 is 5.32 Å². The van der Waals surface area contributed by atoms with E-state index in [2.05, 4.69) is 24.1 Å². The number of unbranched alkanes of at least 4 members (excludes halogenated alkanes) is 3. The number of rotatable bonds is 8. The molecule has 0 saturated carbocycles. The Morgan fingerprint density at radius 1 is 0.950 bits per heavy atom. The number of fused-ring (bicyclic) bond motifs is 6. The van der Waals surface area contributed by atoms with Crippen molar-refractivity contribution in [3.8, 4) is 0 Å². The zero-order valence-corrected chi connectivity index (χ0v) is 13.6. The number of nitrogens with one attached hydrogen (secondary N) is 1. The van der Waals surface area contributed by atoms with E-state index in [4.69, 9.17) is 0 Å². The zero-order chi connectivity index (χ0) is 13.9. The van der Waals surface area contributed by atoms with Crippen molar-refractivity contribution in [2.45, 2.75) is 102 Å². The van der Waals surface area contributed by atoms with Crippen molar-refractivity contribution in [2.75, 3.05) is 6.54 Å². The van der Waals surface area contributed by atoms with E-state index in [0.29, 0.717) is 0 Å². The summed E-state index contributed by atoms with van der Waals surface area (Å²) in [6.07, 6.45) is 14.4. The van der Waals surface area contributed by atoms with Gasteiger partial charge < -0.3 is 5.32 Å². The van der Waals surface area contributed by atoms with Crippen molar-refractivity contribution in [1.82, 2.24) is 10.2 Å². The Balaban J connectivity index is 1.51.